The molecule has 34 heavy (non-hydrogen) atoms. The summed E-state index contributed by atoms with van der Waals surface area (Å²) in [6.45, 7) is 3.15. The van der Waals surface area contributed by atoms with E-state index in [0.29, 0.717) is 58.7 Å². The van der Waals surface area contributed by atoms with Gasteiger partial charge in [-0.3, -0.25) is 9.59 Å². The molecule has 0 radical (unpaired) electrons. The Kier molecular flexibility index (Phi) is 8.16. The van der Waals surface area contributed by atoms with Gasteiger partial charge in [0.15, 0.2) is 0 Å². The zero-order valence-electron chi connectivity index (χ0n) is 19.5. The van der Waals surface area contributed by atoms with E-state index in [0.717, 1.165) is 24.2 Å². The molecule has 2 heterocycles. The first kappa shape index (κ1) is 24.2. The van der Waals surface area contributed by atoms with Crippen LogP contribution in [-0.4, -0.2) is 56.2 Å². The fourth-order valence-corrected chi connectivity index (χ4v) is 4.87. The van der Waals surface area contributed by atoms with Gasteiger partial charge in [0.25, 0.3) is 0 Å². The molecule has 1 N–H and O–H groups in total. The number of hydrogen-bond donors (Lipinski definition) is 1. The molecule has 0 aliphatic carbocycles. The Labute approximate surface area is 200 Å². The van der Waals surface area contributed by atoms with E-state index < -0.39 is 0 Å². The summed E-state index contributed by atoms with van der Waals surface area (Å²) in [5.41, 5.74) is 0.597. The van der Waals surface area contributed by atoms with E-state index in [1.165, 1.54) is 6.07 Å². The fraction of sp³-hybridized carbons (Fsp3) is 0.481. The molecular weight excluding hydrogens is 435 g/mol. The zero-order valence-corrected chi connectivity index (χ0v) is 19.5. The second-order valence-corrected chi connectivity index (χ2v) is 9.19. The number of nitrogens with zero attached hydrogens (tertiary/aromatic N) is 1. The molecule has 2 aliphatic heterocycles. The van der Waals surface area contributed by atoms with Crippen LogP contribution in [0.15, 0.2) is 54.6 Å². The van der Waals surface area contributed by atoms with Crippen LogP contribution in [0.1, 0.15) is 37.7 Å². The Bertz CT molecular complexity index is 954. The van der Waals surface area contributed by atoms with E-state index in [1.807, 2.05) is 41.3 Å². The summed E-state index contributed by atoms with van der Waals surface area (Å²) >= 11 is 0. The SMILES string of the molecule is O=C(NCC1(c2cccc(F)c2)CCOCC1)C1CCN(C(=O)CCOc2ccccc2)CC1. The molecule has 0 atom stereocenters. The Morgan fingerprint density at radius 1 is 1.06 bits per heavy atom. The number of hydrogen-bond acceptors (Lipinski definition) is 4. The fourth-order valence-electron chi connectivity index (χ4n) is 4.87. The highest BCUT2D eigenvalue weighted by molar-refractivity contribution is 5.80. The van der Waals surface area contributed by atoms with E-state index in [-0.39, 0.29) is 29.0 Å². The van der Waals surface area contributed by atoms with Crippen molar-refractivity contribution in [3.8, 4) is 5.75 Å². The van der Waals surface area contributed by atoms with Crippen molar-refractivity contribution in [3.63, 3.8) is 0 Å². The van der Waals surface area contributed by atoms with Gasteiger partial charge < -0.3 is 19.7 Å². The van der Waals surface area contributed by atoms with Crippen molar-refractivity contribution in [2.24, 2.45) is 5.92 Å². The lowest BCUT2D eigenvalue weighted by Crippen LogP contribution is -2.48. The number of rotatable bonds is 8. The molecule has 2 saturated heterocycles. The van der Waals surface area contributed by atoms with E-state index in [1.54, 1.807) is 12.1 Å². The zero-order chi connectivity index (χ0) is 23.8. The van der Waals surface area contributed by atoms with Gasteiger partial charge in [-0.15, -0.1) is 0 Å². The van der Waals surface area contributed by atoms with Crippen LogP contribution in [0.2, 0.25) is 0 Å². The van der Waals surface area contributed by atoms with Gasteiger partial charge in [0.05, 0.1) is 13.0 Å². The standard InChI is InChI=1S/C27H33FN2O4/c28-23-6-4-5-22(19-23)27(12-17-33-18-13-27)20-29-26(32)21-9-14-30(15-10-21)25(31)11-16-34-24-7-2-1-3-8-24/h1-8,19,21H,9-18,20H2,(H,29,32). The normalized spacial score (nSPS) is 18.3. The minimum atomic E-state index is -0.314. The summed E-state index contributed by atoms with van der Waals surface area (Å²) in [5, 5.41) is 3.14. The van der Waals surface area contributed by atoms with Crippen molar-refractivity contribution < 1.29 is 23.5 Å². The maximum absolute atomic E-state index is 13.9. The second kappa shape index (κ2) is 11.5. The van der Waals surface area contributed by atoms with Crippen LogP contribution in [0.4, 0.5) is 4.39 Å². The second-order valence-electron chi connectivity index (χ2n) is 9.19. The average Bonchev–Trinajstić information content (AvgIpc) is 2.88. The van der Waals surface area contributed by atoms with Crippen molar-refractivity contribution in [1.29, 1.82) is 0 Å². The predicted molar refractivity (Wildman–Crippen MR) is 127 cm³/mol. The summed E-state index contributed by atoms with van der Waals surface area (Å²) in [5.74, 6) is 0.449. The number of ether oxygens (including phenoxy) is 2. The Hall–Kier alpha value is -2.93. The van der Waals surface area contributed by atoms with E-state index in [4.69, 9.17) is 9.47 Å². The molecule has 2 aromatic carbocycles. The van der Waals surface area contributed by atoms with Gasteiger partial charge in [-0.05, 0) is 55.5 Å². The van der Waals surface area contributed by atoms with Crippen LogP contribution in [0.25, 0.3) is 0 Å². The highest BCUT2D eigenvalue weighted by Gasteiger charge is 2.36. The Morgan fingerprint density at radius 2 is 1.79 bits per heavy atom. The molecule has 7 heteroatoms. The monoisotopic (exact) mass is 468 g/mol. The molecule has 0 unspecified atom stereocenters. The molecule has 0 saturated carbocycles. The van der Waals surface area contributed by atoms with Crippen molar-refractivity contribution in [3.05, 3.63) is 66.0 Å². The van der Waals surface area contributed by atoms with Crippen LogP contribution in [0, 0.1) is 11.7 Å². The van der Waals surface area contributed by atoms with Crippen LogP contribution in [0.5, 0.6) is 5.75 Å². The third kappa shape index (κ3) is 6.14. The molecule has 2 fully saturated rings. The van der Waals surface area contributed by atoms with Crippen molar-refractivity contribution in [2.45, 2.75) is 37.5 Å². The Balaban J connectivity index is 1.24. The third-order valence-corrected chi connectivity index (χ3v) is 7.03. The van der Waals surface area contributed by atoms with Crippen LogP contribution < -0.4 is 10.1 Å². The number of carbonyl (C=O) groups is 2. The van der Waals surface area contributed by atoms with Crippen molar-refractivity contribution >= 4 is 11.8 Å². The van der Waals surface area contributed by atoms with Gasteiger partial charge in [0, 0.05) is 44.2 Å². The molecular formula is C27H33FN2O4. The maximum atomic E-state index is 13.9. The van der Waals surface area contributed by atoms with Gasteiger partial charge in [-0.2, -0.15) is 0 Å². The summed E-state index contributed by atoms with van der Waals surface area (Å²) in [4.78, 5) is 27.3. The lowest BCUT2D eigenvalue weighted by Gasteiger charge is -2.38. The minimum Gasteiger partial charge on any atom is -0.493 e. The summed E-state index contributed by atoms with van der Waals surface area (Å²) < 4.78 is 25.0. The topological polar surface area (TPSA) is 67.9 Å². The molecule has 0 spiro atoms. The predicted octanol–water partition coefficient (Wildman–Crippen LogP) is 3.70. The lowest BCUT2D eigenvalue weighted by molar-refractivity contribution is -0.136. The summed E-state index contributed by atoms with van der Waals surface area (Å²) in [6.07, 6.45) is 3.10. The first-order valence-corrected chi connectivity index (χ1v) is 12.1. The molecule has 2 aliphatic rings. The summed E-state index contributed by atoms with van der Waals surface area (Å²) in [7, 11) is 0. The number of nitrogens with one attached hydrogen (secondary N) is 1. The Morgan fingerprint density at radius 3 is 2.50 bits per heavy atom. The smallest absolute Gasteiger partial charge is 0.225 e. The number of likely N-dealkylation sites (tertiary alicyclic amines) is 1. The van der Waals surface area contributed by atoms with Gasteiger partial charge in [0.2, 0.25) is 11.8 Å². The number of carbonyl (C=O) groups excluding carboxylic acids is 2. The number of piperidine rings is 1. The van der Waals surface area contributed by atoms with Gasteiger partial charge in [0.1, 0.15) is 11.6 Å². The lowest BCUT2D eigenvalue weighted by atomic mass is 9.74. The van der Waals surface area contributed by atoms with E-state index >= 15 is 0 Å². The molecule has 6 nitrogen and oxygen atoms in total. The molecule has 182 valence electrons. The van der Waals surface area contributed by atoms with E-state index in [9.17, 15) is 14.0 Å². The quantitative estimate of drug-likeness (QED) is 0.642. The third-order valence-electron chi connectivity index (χ3n) is 7.03. The largest absolute Gasteiger partial charge is 0.493 e. The number of amides is 2. The average molecular weight is 469 g/mol. The van der Waals surface area contributed by atoms with E-state index in [2.05, 4.69) is 5.32 Å². The molecule has 0 bridgehead atoms. The first-order chi connectivity index (χ1) is 16.6. The van der Waals surface area contributed by atoms with Gasteiger partial charge >= 0.3 is 0 Å². The number of halogens is 1. The maximum Gasteiger partial charge on any atom is 0.225 e. The van der Waals surface area contributed by atoms with Crippen LogP contribution in [-0.2, 0) is 19.7 Å². The highest BCUT2D eigenvalue weighted by Crippen LogP contribution is 2.35. The van der Waals surface area contributed by atoms with Crippen LogP contribution >= 0.6 is 0 Å². The minimum absolute atomic E-state index is 0.0155. The summed E-state index contributed by atoms with van der Waals surface area (Å²) in [6, 6.07) is 16.1. The molecule has 2 amide bonds. The van der Waals surface area contributed by atoms with Crippen molar-refractivity contribution in [1.82, 2.24) is 10.2 Å². The van der Waals surface area contributed by atoms with Crippen molar-refractivity contribution in [2.75, 3.05) is 39.5 Å². The highest BCUT2D eigenvalue weighted by atomic mass is 19.1. The van der Waals surface area contributed by atoms with Crippen LogP contribution in [0.3, 0.4) is 0 Å². The number of benzene rings is 2. The molecule has 0 aromatic heterocycles. The van der Waals surface area contributed by atoms with Gasteiger partial charge in [-0.25, -0.2) is 4.39 Å². The molecule has 4 rings (SSSR count). The number of para-hydroxylation sites is 1. The van der Waals surface area contributed by atoms with Gasteiger partial charge in [-0.1, -0.05) is 30.3 Å². The molecule has 2 aromatic rings. The first-order valence-electron chi connectivity index (χ1n) is 12.1.